The zero-order chi connectivity index (χ0) is 36.2. The van der Waals surface area contributed by atoms with Crippen molar-refractivity contribution in [2.75, 3.05) is 0 Å². The van der Waals surface area contributed by atoms with E-state index in [0.29, 0.717) is 5.82 Å². The van der Waals surface area contributed by atoms with Crippen molar-refractivity contribution in [3.05, 3.63) is 210 Å². The van der Waals surface area contributed by atoms with Gasteiger partial charge in [-0.15, -0.1) is 0 Å². The Morgan fingerprint density at radius 1 is 0.444 bits per heavy atom. The van der Waals surface area contributed by atoms with E-state index in [1.54, 1.807) is 0 Å². The third-order valence-electron chi connectivity index (χ3n) is 11.0. The van der Waals surface area contributed by atoms with Crippen LogP contribution in [0.5, 0.6) is 0 Å². The Bertz CT molecular complexity index is 2810. The summed E-state index contributed by atoms with van der Waals surface area (Å²) in [6, 6.07) is 64.9. The van der Waals surface area contributed by atoms with E-state index in [1.165, 1.54) is 55.2 Å². The highest BCUT2D eigenvalue weighted by Crippen LogP contribution is 2.47. The predicted molar refractivity (Wildman–Crippen MR) is 225 cm³/mol. The largest absolute Gasteiger partial charge is 0.309 e. The van der Waals surface area contributed by atoms with Gasteiger partial charge >= 0.3 is 0 Å². The highest BCUT2D eigenvalue weighted by molar-refractivity contribution is 6.11. The number of hydrogen-bond donors (Lipinski definition) is 0. The second-order valence-corrected chi connectivity index (χ2v) is 14.6. The van der Waals surface area contributed by atoms with Crippen LogP contribution in [0.3, 0.4) is 0 Å². The van der Waals surface area contributed by atoms with E-state index >= 15 is 0 Å². The van der Waals surface area contributed by atoms with Gasteiger partial charge in [0.1, 0.15) is 0 Å². The monoisotopic (exact) mass is 691 g/mol. The maximum atomic E-state index is 5.09. The molecule has 0 N–H and O–H groups in total. The summed E-state index contributed by atoms with van der Waals surface area (Å²) in [5.41, 5.74) is 15.8. The van der Waals surface area contributed by atoms with Gasteiger partial charge in [-0.05, 0) is 88.0 Å². The first kappa shape index (κ1) is 31.9. The van der Waals surface area contributed by atoms with Crippen LogP contribution in [0.25, 0.3) is 73.0 Å². The molecule has 0 amide bonds. The molecule has 1 aliphatic rings. The molecule has 2 heterocycles. The van der Waals surface area contributed by atoms with Gasteiger partial charge in [-0.25, -0.2) is 9.97 Å². The molecule has 7 aromatic carbocycles. The average Bonchev–Trinajstić information content (AvgIpc) is 3.52. The summed E-state index contributed by atoms with van der Waals surface area (Å²) in [5.74, 6) is 0.703. The summed E-state index contributed by atoms with van der Waals surface area (Å²) in [6.07, 6.45) is 2.39. The molecule has 10 rings (SSSR count). The lowest BCUT2D eigenvalue weighted by molar-refractivity contribution is 0.640. The SMILES string of the molecule is CC1(C)c2ccccc2C=C(c2ccccc2)c2cc3c(cc21)c1ccccc1n3-c1ccc(-c2nc(-c3ccccc3)cc(-c3ccccc3)n2)cc1. The number of nitrogens with zero attached hydrogens (tertiary/aromatic N) is 3. The van der Waals surface area contributed by atoms with Gasteiger partial charge in [0.15, 0.2) is 5.82 Å². The van der Waals surface area contributed by atoms with E-state index in [2.05, 4.69) is 194 Å². The number of para-hydroxylation sites is 1. The van der Waals surface area contributed by atoms with Crippen LogP contribution in [0.2, 0.25) is 0 Å². The highest BCUT2D eigenvalue weighted by atomic mass is 15.0. The van der Waals surface area contributed by atoms with Gasteiger partial charge in [0.25, 0.3) is 0 Å². The Hall–Kier alpha value is -6.84. The first-order chi connectivity index (χ1) is 26.5. The molecule has 9 aromatic rings. The molecule has 0 saturated carbocycles. The molecule has 3 nitrogen and oxygen atoms in total. The summed E-state index contributed by atoms with van der Waals surface area (Å²) in [6.45, 7) is 4.74. The topological polar surface area (TPSA) is 30.7 Å². The fourth-order valence-corrected chi connectivity index (χ4v) is 8.31. The Balaban J connectivity index is 1.16. The molecule has 2 aromatic heterocycles. The van der Waals surface area contributed by atoms with Crippen LogP contribution in [0, 0.1) is 0 Å². The van der Waals surface area contributed by atoms with E-state index in [4.69, 9.17) is 9.97 Å². The van der Waals surface area contributed by atoms with Crippen molar-refractivity contribution in [3.63, 3.8) is 0 Å². The molecule has 0 aliphatic heterocycles. The Kier molecular flexibility index (Phi) is 7.48. The smallest absolute Gasteiger partial charge is 0.160 e. The van der Waals surface area contributed by atoms with E-state index in [1.807, 2.05) is 12.1 Å². The molecular weight excluding hydrogens is 655 g/mol. The Labute approximate surface area is 315 Å². The average molecular weight is 692 g/mol. The first-order valence-electron chi connectivity index (χ1n) is 18.6. The van der Waals surface area contributed by atoms with Gasteiger partial charge in [0, 0.05) is 38.6 Å². The number of aromatic nitrogens is 3. The fourth-order valence-electron chi connectivity index (χ4n) is 8.31. The molecule has 3 heteroatoms. The van der Waals surface area contributed by atoms with Crippen molar-refractivity contribution in [1.82, 2.24) is 14.5 Å². The quantitative estimate of drug-likeness (QED) is 0.180. The van der Waals surface area contributed by atoms with Crippen LogP contribution in [-0.4, -0.2) is 14.5 Å². The maximum absolute atomic E-state index is 5.09. The molecule has 0 fully saturated rings. The minimum absolute atomic E-state index is 0.217. The van der Waals surface area contributed by atoms with E-state index in [-0.39, 0.29) is 5.41 Å². The zero-order valence-electron chi connectivity index (χ0n) is 30.2. The molecule has 0 unspecified atom stereocenters. The van der Waals surface area contributed by atoms with Crippen LogP contribution in [-0.2, 0) is 5.41 Å². The third-order valence-corrected chi connectivity index (χ3v) is 11.0. The number of fused-ring (bicyclic) bond motifs is 5. The zero-order valence-corrected chi connectivity index (χ0v) is 30.2. The lowest BCUT2D eigenvalue weighted by atomic mass is 9.74. The van der Waals surface area contributed by atoms with Crippen LogP contribution in [0.15, 0.2) is 182 Å². The normalized spacial score (nSPS) is 13.3. The van der Waals surface area contributed by atoms with Gasteiger partial charge in [-0.3, -0.25) is 0 Å². The standard InChI is InChI=1S/C51H37N3/c1-51(2)44-24-14-12-22-38(44)30-41(34-16-6-3-7-17-34)42-32-49-43(31-45(42)51)40-23-13-15-25-48(40)54(49)39-28-26-37(27-29-39)50-52-46(35-18-8-4-9-19-35)33-47(53-50)36-20-10-5-11-21-36/h3-33H,1-2H3. The maximum Gasteiger partial charge on any atom is 0.160 e. The van der Waals surface area contributed by atoms with Crippen molar-refractivity contribution in [2.45, 2.75) is 19.3 Å². The summed E-state index contributed by atoms with van der Waals surface area (Å²) < 4.78 is 2.42. The summed E-state index contributed by atoms with van der Waals surface area (Å²) in [5, 5.41) is 2.49. The Morgan fingerprint density at radius 2 is 1.02 bits per heavy atom. The molecule has 0 radical (unpaired) electrons. The van der Waals surface area contributed by atoms with Crippen molar-refractivity contribution < 1.29 is 0 Å². The molecule has 0 spiro atoms. The van der Waals surface area contributed by atoms with Gasteiger partial charge in [0.2, 0.25) is 0 Å². The van der Waals surface area contributed by atoms with Crippen LogP contribution >= 0.6 is 0 Å². The van der Waals surface area contributed by atoms with Crippen LogP contribution in [0.4, 0.5) is 0 Å². The molecule has 1 aliphatic carbocycles. The van der Waals surface area contributed by atoms with Gasteiger partial charge in [-0.1, -0.05) is 147 Å². The molecular formula is C51H37N3. The fraction of sp³-hybridized carbons (Fsp3) is 0.0588. The van der Waals surface area contributed by atoms with Gasteiger partial charge in [0.05, 0.1) is 22.4 Å². The van der Waals surface area contributed by atoms with E-state index in [0.717, 1.165) is 33.8 Å². The minimum Gasteiger partial charge on any atom is -0.309 e. The third kappa shape index (κ3) is 5.28. The van der Waals surface area contributed by atoms with Crippen molar-refractivity contribution in [1.29, 1.82) is 0 Å². The molecule has 0 saturated heterocycles. The summed E-state index contributed by atoms with van der Waals surface area (Å²) in [4.78, 5) is 10.2. The molecule has 0 bridgehead atoms. The van der Waals surface area contributed by atoms with E-state index in [9.17, 15) is 0 Å². The van der Waals surface area contributed by atoms with Crippen molar-refractivity contribution >= 4 is 33.5 Å². The lowest BCUT2D eigenvalue weighted by Gasteiger charge is -2.29. The Morgan fingerprint density at radius 3 is 1.69 bits per heavy atom. The molecule has 256 valence electrons. The minimum atomic E-state index is -0.217. The van der Waals surface area contributed by atoms with Crippen LogP contribution < -0.4 is 0 Å². The molecule has 0 atom stereocenters. The lowest BCUT2D eigenvalue weighted by Crippen LogP contribution is -2.21. The van der Waals surface area contributed by atoms with Crippen molar-refractivity contribution in [2.24, 2.45) is 0 Å². The summed E-state index contributed by atoms with van der Waals surface area (Å²) in [7, 11) is 0. The second kappa shape index (κ2) is 12.7. The first-order valence-corrected chi connectivity index (χ1v) is 18.6. The second-order valence-electron chi connectivity index (χ2n) is 14.6. The van der Waals surface area contributed by atoms with Gasteiger partial charge < -0.3 is 4.57 Å². The van der Waals surface area contributed by atoms with Crippen molar-refractivity contribution in [3.8, 4) is 39.6 Å². The predicted octanol–water partition coefficient (Wildman–Crippen LogP) is 12.8. The number of rotatable bonds is 5. The highest BCUT2D eigenvalue weighted by Gasteiger charge is 2.33. The van der Waals surface area contributed by atoms with E-state index < -0.39 is 0 Å². The molecule has 54 heavy (non-hydrogen) atoms. The van der Waals surface area contributed by atoms with Crippen LogP contribution in [0.1, 0.15) is 41.7 Å². The van der Waals surface area contributed by atoms with Gasteiger partial charge in [-0.2, -0.15) is 0 Å². The number of benzene rings is 7. The summed E-state index contributed by atoms with van der Waals surface area (Å²) >= 11 is 0. The number of hydrogen-bond acceptors (Lipinski definition) is 2.